The predicted octanol–water partition coefficient (Wildman–Crippen LogP) is 3.20. The standard InChI is InChI=1S/C27H33FN4O6S/c1-4-5-14-27(20-6-8-21(28)9-7-20)25(34)32(26(35)30-27)17-24(33)29-22-10-12-23(13-11-22)39(36,37)31-15-18(2)38-19(3)16-31/h6-13,18-19H,4-5,14-17H2,1-3H3,(H,29,33)(H,30,35)/t18-,19-,27-/m1/s1. The van der Waals surface area contributed by atoms with E-state index in [9.17, 15) is 27.2 Å². The lowest BCUT2D eigenvalue weighted by Crippen LogP contribution is -2.48. The highest BCUT2D eigenvalue weighted by molar-refractivity contribution is 7.89. The van der Waals surface area contributed by atoms with Crippen LogP contribution in [0.2, 0.25) is 0 Å². The third-order valence-electron chi connectivity index (χ3n) is 6.88. The van der Waals surface area contributed by atoms with Crippen LogP contribution in [0, 0.1) is 5.82 Å². The molecule has 2 saturated heterocycles. The number of unbranched alkanes of at least 4 members (excludes halogenated alkanes) is 1. The smallest absolute Gasteiger partial charge is 0.325 e. The van der Waals surface area contributed by atoms with E-state index in [1.165, 1.54) is 52.8 Å². The second kappa shape index (κ2) is 11.4. The molecule has 12 heteroatoms. The maximum atomic E-state index is 13.5. The molecule has 2 aliphatic rings. The number of morpholine rings is 1. The summed E-state index contributed by atoms with van der Waals surface area (Å²) in [5, 5.41) is 5.33. The zero-order chi connectivity index (χ0) is 28.4. The summed E-state index contributed by atoms with van der Waals surface area (Å²) in [6.07, 6.45) is 1.24. The highest BCUT2D eigenvalue weighted by atomic mass is 32.2. The first-order valence-corrected chi connectivity index (χ1v) is 14.4. The molecule has 2 aromatic rings. The zero-order valence-corrected chi connectivity index (χ0v) is 23.0. The lowest BCUT2D eigenvalue weighted by atomic mass is 9.85. The van der Waals surface area contributed by atoms with Gasteiger partial charge in [-0.05, 0) is 62.2 Å². The van der Waals surface area contributed by atoms with Gasteiger partial charge in [0.2, 0.25) is 15.9 Å². The van der Waals surface area contributed by atoms with Gasteiger partial charge in [-0.3, -0.25) is 14.5 Å². The van der Waals surface area contributed by atoms with E-state index in [4.69, 9.17) is 4.74 Å². The van der Waals surface area contributed by atoms with Gasteiger partial charge in [-0.1, -0.05) is 31.9 Å². The highest BCUT2D eigenvalue weighted by Gasteiger charge is 2.52. The Balaban J connectivity index is 1.45. The van der Waals surface area contributed by atoms with Gasteiger partial charge in [0.25, 0.3) is 5.91 Å². The Kier molecular flexibility index (Phi) is 8.38. The van der Waals surface area contributed by atoms with E-state index in [-0.39, 0.29) is 30.2 Å². The van der Waals surface area contributed by atoms with Gasteiger partial charge in [0, 0.05) is 18.8 Å². The molecule has 210 valence electrons. The number of halogens is 1. The lowest BCUT2D eigenvalue weighted by molar-refractivity contribution is -0.134. The first-order chi connectivity index (χ1) is 18.5. The number of hydrogen-bond donors (Lipinski definition) is 2. The molecule has 4 amide bonds. The van der Waals surface area contributed by atoms with Crippen molar-refractivity contribution in [1.82, 2.24) is 14.5 Å². The molecule has 39 heavy (non-hydrogen) atoms. The molecule has 2 N–H and O–H groups in total. The van der Waals surface area contributed by atoms with Crippen LogP contribution < -0.4 is 10.6 Å². The van der Waals surface area contributed by atoms with Crippen molar-refractivity contribution >= 4 is 33.6 Å². The minimum atomic E-state index is -3.74. The molecule has 0 saturated carbocycles. The molecular formula is C27H33FN4O6S. The van der Waals surface area contributed by atoms with Crippen molar-refractivity contribution in [2.45, 2.75) is 62.7 Å². The van der Waals surface area contributed by atoms with Crippen LogP contribution in [0.4, 0.5) is 14.9 Å². The summed E-state index contributed by atoms with van der Waals surface area (Å²) in [6.45, 7) is 5.53. The Hall–Kier alpha value is -3.35. The molecule has 2 heterocycles. The number of rotatable bonds is 9. The number of hydrogen-bond acceptors (Lipinski definition) is 6. The van der Waals surface area contributed by atoms with Crippen LogP contribution in [0.1, 0.15) is 45.6 Å². The topological polar surface area (TPSA) is 125 Å². The Labute approximate surface area is 227 Å². The molecule has 0 spiro atoms. The summed E-state index contributed by atoms with van der Waals surface area (Å²) in [5.41, 5.74) is -0.629. The zero-order valence-electron chi connectivity index (χ0n) is 22.1. The van der Waals surface area contributed by atoms with Crippen LogP contribution in [0.15, 0.2) is 53.4 Å². The van der Waals surface area contributed by atoms with Crippen molar-refractivity contribution in [3.8, 4) is 0 Å². The summed E-state index contributed by atoms with van der Waals surface area (Å²) >= 11 is 0. The molecule has 2 aliphatic heterocycles. The summed E-state index contributed by atoms with van der Waals surface area (Å²) in [7, 11) is -3.74. The third-order valence-corrected chi connectivity index (χ3v) is 8.73. The van der Waals surface area contributed by atoms with Gasteiger partial charge in [-0.15, -0.1) is 0 Å². The highest BCUT2D eigenvalue weighted by Crippen LogP contribution is 2.34. The number of sulfonamides is 1. The number of ether oxygens (including phenoxy) is 1. The monoisotopic (exact) mass is 560 g/mol. The van der Waals surface area contributed by atoms with Gasteiger partial charge in [0.15, 0.2) is 0 Å². The number of imide groups is 1. The van der Waals surface area contributed by atoms with Crippen LogP contribution in [0.3, 0.4) is 0 Å². The molecule has 10 nitrogen and oxygen atoms in total. The van der Waals surface area contributed by atoms with E-state index in [0.29, 0.717) is 24.1 Å². The number of benzene rings is 2. The Morgan fingerprint density at radius 1 is 1.08 bits per heavy atom. The Morgan fingerprint density at radius 3 is 2.28 bits per heavy atom. The number of anilines is 1. The number of urea groups is 1. The van der Waals surface area contributed by atoms with Crippen molar-refractivity contribution in [2.24, 2.45) is 0 Å². The fraction of sp³-hybridized carbons (Fsp3) is 0.444. The van der Waals surface area contributed by atoms with E-state index < -0.39 is 45.8 Å². The third kappa shape index (κ3) is 5.97. The number of nitrogens with one attached hydrogen (secondary N) is 2. The molecule has 2 fully saturated rings. The maximum absolute atomic E-state index is 13.5. The van der Waals surface area contributed by atoms with Crippen LogP contribution in [-0.4, -0.2) is 67.3 Å². The molecule has 2 aromatic carbocycles. The van der Waals surface area contributed by atoms with Crippen molar-refractivity contribution < 1.29 is 31.9 Å². The Morgan fingerprint density at radius 2 is 1.69 bits per heavy atom. The van der Waals surface area contributed by atoms with Crippen LogP contribution in [-0.2, 0) is 29.9 Å². The summed E-state index contributed by atoms with van der Waals surface area (Å²) in [6, 6.07) is 10.3. The number of nitrogens with zero attached hydrogens (tertiary/aromatic N) is 2. The second-order valence-corrected chi connectivity index (χ2v) is 11.9. The van der Waals surface area contributed by atoms with E-state index in [1.807, 2.05) is 20.8 Å². The molecule has 3 atom stereocenters. The van der Waals surface area contributed by atoms with Crippen molar-refractivity contribution in [3.05, 3.63) is 59.9 Å². The predicted molar refractivity (Wildman–Crippen MR) is 142 cm³/mol. The van der Waals surface area contributed by atoms with Crippen LogP contribution in [0.5, 0.6) is 0 Å². The van der Waals surface area contributed by atoms with E-state index in [1.54, 1.807) is 0 Å². The van der Waals surface area contributed by atoms with E-state index >= 15 is 0 Å². The van der Waals surface area contributed by atoms with E-state index in [0.717, 1.165) is 11.3 Å². The van der Waals surface area contributed by atoms with Gasteiger partial charge in [0.05, 0.1) is 17.1 Å². The fourth-order valence-electron chi connectivity index (χ4n) is 4.99. The second-order valence-electron chi connectivity index (χ2n) is 9.99. The van der Waals surface area contributed by atoms with Crippen LogP contribution in [0.25, 0.3) is 0 Å². The summed E-state index contributed by atoms with van der Waals surface area (Å²) in [5.74, 6) is -1.68. The van der Waals surface area contributed by atoms with Crippen molar-refractivity contribution in [1.29, 1.82) is 0 Å². The first-order valence-electron chi connectivity index (χ1n) is 12.9. The number of carbonyl (C=O) groups is 3. The number of carbonyl (C=O) groups excluding carboxylic acids is 3. The fourth-order valence-corrected chi connectivity index (χ4v) is 6.58. The van der Waals surface area contributed by atoms with Crippen LogP contribution >= 0.6 is 0 Å². The molecular weight excluding hydrogens is 527 g/mol. The largest absolute Gasteiger partial charge is 0.373 e. The Bertz CT molecular complexity index is 1330. The molecule has 0 unspecified atom stereocenters. The molecule has 0 radical (unpaired) electrons. The maximum Gasteiger partial charge on any atom is 0.325 e. The van der Waals surface area contributed by atoms with Crippen molar-refractivity contribution in [3.63, 3.8) is 0 Å². The van der Waals surface area contributed by atoms with Gasteiger partial charge in [-0.25, -0.2) is 17.6 Å². The first kappa shape index (κ1) is 28.7. The SMILES string of the molecule is CCCC[C@]1(c2ccc(F)cc2)NC(=O)N(CC(=O)Nc2ccc(S(=O)(=O)N3C[C@@H](C)O[C@H](C)C3)cc2)C1=O. The lowest BCUT2D eigenvalue weighted by Gasteiger charge is -2.34. The van der Waals surface area contributed by atoms with Gasteiger partial charge in [-0.2, -0.15) is 4.31 Å². The number of amides is 4. The van der Waals surface area contributed by atoms with Gasteiger partial charge >= 0.3 is 6.03 Å². The molecule has 0 aliphatic carbocycles. The van der Waals surface area contributed by atoms with Crippen molar-refractivity contribution in [2.75, 3.05) is 25.0 Å². The minimum absolute atomic E-state index is 0.0795. The molecule has 4 rings (SSSR count). The molecule has 0 aromatic heterocycles. The summed E-state index contributed by atoms with van der Waals surface area (Å²) < 4.78 is 46.6. The minimum Gasteiger partial charge on any atom is -0.373 e. The average molecular weight is 561 g/mol. The average Bonchev–Trinajstić information content (AvgIpc) is 3.12. The van der Waals surface area contributed by atoms with Gasteiger partial charge in [0.1, 0.15) is 17.9 Å². The molecule has 0 bridgehead atoms. The van der Waals surface area contributed by atoms with E-state index in [2.05, 4.69) is 10.6 Å². The summed E-state index contributed by atoms with van der Waals surface area (Å²) in [4.78, 5) is 40.0. The van der Waals surface area contributed by atoms with Gasteiger partial charge < -0.3 is 15.4 Å². The normalized spacial score (nSPS) is 24.1. The quantitative estimate of drug-likeness (QED) is 0.454.